The van der Waals surface area contributed by atoms with Crippen molar-refractivity contribution in [3.05, 3.63) is 119 Å². The summed E-state index contributed by atoms with van der Waals surface area (Å²) in [5, 5.41) is 3.75. The van der Waals surface area contributed by atoms with Crippen LogP contribution in [0.15, 0.2) is 111 Å². The third-order valence-electron chi connectivity index (χ3n) is 6.57. The van der Waals surface area contributed by atoms with E-state index < -0.39 is 5.63 Å². The number of benzene rings is 4. The van der Waals surface area contributed by atoms with Crippen molar-refractivity contribution in [1.82, 2.24) is 4.98 Å². The molecule has 0 bridgehead atoms. The topological polar surface area (TPSA) is 85.3 Å². The van der Waals surface area contributed by atoms with E-state index in [0.29, 0.717) is 50.9 Å². The van der Waals surface area contributed by atoms with Crippen LogP contribution in [0.2, 0.25) is 0 Å². The summed E-state index contributed by atoms with van der Waals surface area (Å²) in [7, 11) is 0. The maximum Gasteiger partial charge on any atom is 0.344 e. The van der Waals surface area contributed by atoms with Crippen LogP contribution >= 0.6 is 0 Å². The second-order valence-electron chi connectivity index (χ2n) is 9.50. The van der Waals surface area contributed by atoms with Crippen LogP contribution in [-0.2, 0) is 0 Å². The molecule has 0 spiro atoms. The molecule has 0 saturated heterocycles. The summed E-state index contributed by atoms with van der Waals surface area (Å²) < 4.78 is 11.4. The van der Waals surface area contributed by atoms with Gasteiger partial charge in [-0.1, -0.05) is 56.3 Å². The average Bonchev–Trinajstić information content (AvgIpc) is 3.36. The number of nitrogens with one attached hydrogen (secondary N) is 1. The van der Waals surface area contributed by atoms with Gasteiger partial charge in [0.2, 0.25) is 5.89 Å². The molecule has 6 aromatic rings. The Morgan fingerprint density at radius 3 is 2.29 bits per heavy atom. The van der Waals surface area contributed by atoms with Gasteiger partial charge in [0.1, 0.15) is 11.1 Å². The second-order valence-corrected chi connectivity index (χ2v) is 9.50. The molecule has 0 saturated carbocycles. The van der Waals surface area contributed by atoms with Gasteiger partial charge in [-0.25, -0.2) is 9.78 Å². The number of hydrogen-bond acceptors (Lipinski definition) is 5. The summed E-state index contributed by atoms with van der Waals surface area (Å²) in [6.07, 6.45) is 0. The molecule has 38 heavy (non-hydrogen) atoms. The Bertz CT molecular complexity index is 1850. The number of amides is 1. The minimum atomic E-state index is -0.419. The first-order chi connectivity index (χ1) is 18.4. The molecule has 1 N–H and O–H groups in total. The highest BCUT2D eigenvalue weighted by Gasteiger charge is 2.13. The number of hydrogen-bond donors (Lipinski definition) is 1. The number of carbonyl (C=O) groups excluding carboxylic acids is 1. The number of anilines is 1. The third-order valence-corrected chi connectivity index (χ3v) is 6.57. The van der Waals surface area contributed by atoms with Crippen LogP contribution in [-0.4, -0.2) is 10.9 Å². The lowest BCUT2D eigenvalue weighted by molar-refractivity contribution is 0.102. The maximum atomic E-state index is 12.9. The van der Waals surface area contributed by atoms with Gasteiger partial charge in [-0.3, -0.25) is 4.79 Å². The van der Waals surface area contributed by atoms with Gasteiger partial charge in [-0.05, 0) is 71.6 Å². The Labute approximate surface area is 218 Å². The van der Waals surface area contributed by atoms with E-state index in [1.165, 1.54) is 5.56 Å². The van der Waals surface area contributed by atoms with Gasteiger partial charge in [0, 0.05) is 22.2 Å². The van der Waals surface area contributed by atoms with Crippen LogP contribution < -0.4 is 10.9 Å². The molecule has 0 aliphatic carbocycles. The predicted molar refractivity (Wildman–Crippen MR) is 149 cm³/mol. The fourth-order valence-electron chi connectivity index (χ4n) is 4.41. The molecule has 2 aromatic heterocycles. The quantitative estimate of drug-likeness (QED) is 0.246. The molecule has 6 rings (SSSR count). The molecule has 0 atom stereocenters. The fraction of sp³-hybridized carbons (Fsp3) is 0.0938. The van der Waals surface area contributed by atoms with Crippen LogP contribution in [0.3, 0.4) is 0 Å². The van der Waals surface area contributed by atoms with Crippen molar-refractivity contribution in [3.63, 3.8) is 0 Å². The van der Waals surface area contributed by atoms with E-state index in [1.54, 1.807) is 54.6 Å². The lowest BCUT2D eigenvalue weighted by Gasteiger charge is -2.07. The Kier molecular flexibility index (Phi) is 5.85. The molecular weight excluding hydrogens is 476 g/mol. The summed E-state index contributed by atoms with van der Waals surface area (Å²) in [6.45, 7) is 4.31. The normalized spacial score (nSPS) is 11.3. The monoisotopic (exact) mass is 500 g/mol. The van der Waals surface area contributed by atoms with Crippen molar-refractivity contribution in [2.75, 3.05) is 5.32 Å². The number of fused-ring (bicyclic) bond motifs is 2. The molecule has 0 aliphatic rings. The molecule has 6 nitrogen and oxygen atoms in total. The Morgan fingerprint density at radius 2 is 1.53 bits per heavy atom. The number of aromatic nitrogens is 1. The zero-order valence-electron chi connectivity index (χ0n) is 20.9. The molecule has 2 heterocycles. The van der Waals surface area contributed by atoms with Gasteiger partial charge < -0.3 is 14.2 Å². The van der Waals surface area contributed by atoms with Crippen molar-refractivity contribution in [1.29, 1.82) is 0 Å². The van der Waals surface area contributed by atoms with Gasteiger partial charge in [0.25, 0.3) is 5.91 Å². The summed E-state index contributed by atoms with van der Waals surface area (Å²) >= 11 is 0. The van der Waals surface area contributed by atoms with E-state index in [4.69, 9.17) is 8.83 Å². The van der Waals surface area contributed by atoms with Crippen LogP contribution in [0.1, 0.15) is 35.7 Å². The highest BCUT2D eigenvalue weighted by molar-refractivity contribution is 6.05. The maximum absolute atomic E-state index is 12.9. The van der Waals surface area contributed by atoms with Crippen molar-refractivity contribution in [2.24, 2.45) is 0 Å². The van der Waals surface area contributed by atoms with Crippen molar-refractivity contribution in [3.8, 4) is 22.6 Å². The minimum absolute atomic E-state index is 0.269. The van der Waals surface area contributed by atoms with Gasteiger partial charge in [0.05, 0.1) is 5.56 Å². The third kappa shape index (κ3) is 4.48. The minimum Gasteiger partial charge on any atom is -0.436 e. The molecule has 4 aromatic carbocycles. The summed E-state index contributed by atoms with van der Waals surface area (Å²) in [5.41, 5.74) is 5.77. The van der Waals surface area contributed by atoms with Crippen molar-refractivity contribution in [2.45, 2.75) is 19.8 Å². The smallest absolute Gasteiger partial charge is 0.344 e. The van der Waals surface area contributed by atoms with E-state index >= 15 is 0 Å². The zero-order chi connectivity index (χ0) is 26.2. The SMILES string of the molecule is CC(C)c1ccc(-c2nc3cc(NC(=O)c4ccc(-c5cc6ccccc6oc5=O)cc4)ccc3o2)cc1. The van der Waals surface area contributed by atoms with Crippen LogP contribution in [0.5, 0.6) is 0 Å². The van der Waals surface area contributed by atoms with E-state index in [0.717, 1.165) is 10.9 Å². The highest BCUT2D eigenvalue weighted by Crippen LogP contribution is 2.28. The number of carbonyl (C=O) groups is 1. The van der Waals surface area contributed by atoms with E-state index in [-0.39, 0.29) is 5.91 Å². The highest BCUT2D eigenvalue weighted by atomic mass is 16.4. The lowest BCUT2D eigenvalue weighted by atomic mass is 10.0. The van der Waals surface area contributed by atoms with Gasteiger partial charge >= 0.3 is 5.63 Å². The van der Waals surface area contributed by atoms with Gasteiger partial charge in [-0.15, -0.1) is 0 Å². The first-order valence-corrected chi connectivity index (χ1v) is 12.4. The van der Waals surface area contributed by atoms with Crippen LogP contribution in [0.4, 0.5) is 5.69 Å². The number of oxazole rings is 1. The molecule has 6 heteroatoms. The lowest BCUT2D eigenvalue weighted by Crippen LogP contribution is -2.11. The molecule has 1 amide bonds. The number of nitrogens with zero attached hydrogens (tertiary/aromatic N) is 1. The molecule has 186 valence electrons. The van der Waals surface area contributed by atoms with Crippen molar-refractivity contribution >= 4 is 33.7 Å². The average molecular weight is 501 g/mol. The first-order valence-electron chi connectivity index (χ1n) is 12.4. The Morgan fingerprint density at radius 1 is 0.789 bits per heavy atom. The second kappa shape index (κ2) is 9.48. The standard InChI is InChI=1S/C32H24N2O4/c1-19(2)20-7-13-23(14-8-20)31-34-27-18-25(15-16-29(27)37-31)33-30(35)22-11-9-21(10-12-22)26-17-24-5-3-4-6-28(24)38-32(26)36/h3-19H,1-2H3,(H,33,35). The Balaban J connectivity index is 1.20. The Hall–Kier alpha value is -4.97. The molecular formula is C32H24N2O4. The predicted octanol–water partition coefficient (Wildman–Crippen LogP) is 7.64. The molecule has 0 aliphatic heterocycles. The van der Waals surface area contributed by atoms with E-state index in [1.807, 2.05) is 30.3 Å². The van der Waals surface area contributed by atoms with Crippen LogP contribution in [0.25, 0.3) is 44.7 Å². The largest absolute Gasteiger partial charge is 0.436 e. The molecule has 0 unspecified atom stereocenters. The van der Waals surface area contributed by atoms with Gasteiger partial charge in [0.15, 0.2) is 5.58 Å². The van der Waals surface area contributed by atoms with Crippen LogP contribution in [0, 0.1) is 0 Å². The van der Waals surface area contributed by atoms with E-state index in [2.05, 4.69) is 36.3 Å². The molecule has 0 fully saturated rings. The molecule has 0 radical (unpaired) electrons. The zero-order valence-corrected chi connectivity index (χ0v) is 20.9. The number of para-hydroxylation sites is 1. The van der Waals surface area contributed by atoms with E-state index in [9.17, 15) is 9.59 Å². The number of rotatable bonds is 5. The van der Waals surface area contributed by atoms with Crippen molar-refractivity contribution < 1.29 is 13.6 Å². The summed E-state index contributed by atoms with van der Waals surface area (Å²) in [5.74, 6) is 0.718. The van der Waals surface area contributed by atoms with Gasteiger partial charge in [-0.2, -0.15) is 0 Å². The summed E-state index contributed by atoms with van der Waals surface area (Å²) in [4.78, 5) is 30.0. The first kappa shape index (κ1) is 23.4. The fourth-order valence-corrected chi connectivity index (χ4v) is 4.41. The summed E-state index contributed by atoms with van der Waals surface area (Å²) in [6, 6.07) is 29.6.